The highest BCUT2D eigenvalue weighted by Gasteiger charge is 2.45. The first-order chi connectivity index (χ1) is 10.5. The number of anilines is 2. The number of benzene rings is 1. The number of carbonyl (C=O) groups is 1. The predicted molar refractivity (Wildman–Crippen MR) is 88.4 cm³/mol. The van der Waals surface area contributed by atoms with Crippen LogP contribution >= 0.6 is 11.3 Å². The normalized spacial score (nSPS) is 24.3. The zero-order chi connectivity index (χ0) is 15.7. The molecule has 0 unspecified atom stereocenters. The van der Waals surface area contributed by atoms with Gasteiger partial charge in [0.15, 0.2) is 10.7 Å². The van der Waals surface area contributed by atoms with E-state index in [1.54, 1.807) is 0 Å². The number of rotatable bonds is 4. The summed E-state index contributed by atoms with van der Waals surface area (Å²) in [5, 5.41) is 6.09. The van der Waals surface area contributed by atoms with Gasteiger partial charge < -0.3 is 10.1 Å². The summed E-state index contributed by atoms with van der Waals surface area (Å²) in [5.41, 5.74) is 2.46. The topological polar surface area (TPSA) is 51.2 Å². The van der Waals surface area contributed by atoms with Crippen LogP contribution in [0.15, 0.2) is 29.6 Å². The Bertz CT molecular complexity index is 680. The average molecular weight is 316 g/mol. The average Bonchev–Trinajstić information content (AvgIpc) is 3.07. The Balaban J connectivity index is 1.76. The number of ether oxygens (including phenoxy) is 1. The van der Waals surface area contributed by atoms with Crippen LogP contribution in [-0.4, -0.2) is 11.0 Å². The molecule has 0 aliphatic carbocycles. The van der Waals surface area contributed by atoms with Gasteiger partial charge in [0.25, 0.3) is 0 Å². The van der Waals surface area contributed by atoms with Crippen LogP contribution in [0.4, 0.5) is 10.8 Å². The van der Waals surface area contributed by atoms with E-state index in [4.69, 9.17) is 4.74 Å². The summed E-state index contributed by atoms with van der Waals surface area (Å²) in [5.74, 6) is -0.119. The lowest BCUT2D eigenvalue weighted by Crippen LogP contribution is -2.21. The van der Waals surface area contributed by atoms with Gasteiger partial charge in [-0.15, -0.1) is 11.3 Å². The highest BCUT2D eigenvalue weighted by Crippen LogP contribution is 2.41. The molecule has 1 aliphatic rings. The highest BCUT2D eigenvalue weighted by molar-refractivity contribution is 7.13. The van der Waals surface area contributed by atoms with Crippen LogP contribution in [0.3, 0.4) is 0 Å². The van der Waals surface area contributed by atoms with Gasteiger partial charge in [-0.25, -0.2) is 4.98 Å². The summed E-state index contributed by atoms with van der Waals surface area (Å²) >= 11 is 1.53. The maximum Gasteiger partial charge on any atom is 0.310 e. The van der Waals surface area contributed by atoms with Crippen molar-refractivity contribution >= 4 is 28.1 Å². The van der Waals surface area contributed by atoms with Crippen LogP contribution in [0.25, 0.3) is 0 Å². The number of nitrogens with zero attached hydrogens (tertiary/aromatic N) is 1. The second-order valence-electron chi connectivity index (χ2n) is 5.99. The highest BCUT2D eigenvalue weighted by atomic mass is 32.1. The van der Waals surface area contributed by atoms with Gasteiger partial charge >= 0.3 is 5.97 Å². The third kappa shape index (κ3) is 2.86. The van der Waals surface area contributed by atoms with E-state index in [1.165, 1.54) is 16.9 Å². The second-order valence-corrected chi connectivity index (χ2v) is 6.85. The van der Waals surface area contributed by atoms with Crippen molar-refractivity contribution in [2.45, 2.75) is 39.2 Å². The molecule has 0 amide bonds. The molecular formula is C17H20N2O2S. The fourth-order valence-electron chi connectivity index (χ4n) is 2.70. The van der Waals surface area contributed by atoms with Crippen LogP contribution in [0.1, 0.15) is 37.9 Å². The molecule has 2 atom stereocenters. The summed E-state index contributed by atoms with van der Waals surface area (Å²) in [4.78, 5) is 16.5. The smallest absolute Gasteiger partial charge is 0.310 e. The molecule has 1 aliphatic heterocycles. The number of aryl methyl sites for hydroxylation is 1. The first-order valence-corrected chi connectivity index (χ1v) is 8.40. The molecule has 2 aromatic rings. The molecule has 4 nitrogen and oxygen atoms in total. The van der Waals surface area contributed by atoms with Gasteiger partial charge in [-0.3, -0.25) is 4.79 Å². The van der Waals surface area contributed by atoms with Crippen LogP contribution in [-0.2, 0) is 15.1 Å². The van der Waals surface area contributed by atoms with Gasteiger partial charge in [-0.2, -0.15) is 0 Å². The Morgan fingerprint density at radius 1 is 1.41 bits per heavy atom. The van der Waals surface area contributed by atoms with Gasteiger partial charge in [-0.1, -0.05) is 24.6 Å². The lowest BCUT2D eigenvalue weighted by atomic mass is 9.92. The molecule has 1 N–H and O–H groups in total. The van der Waals surface area contributed by atoms with E-state index in [1.807, 2.05) is 31.4 Å². The Kier molecular flexibility index (Phi) is 3.91. The fourth-order valence-corrected chi connectivity index (χ4v) is 3.56. The van der Waals surface area contributed by atoms with Crippen molar-refractivity contribution in [1.82, 2.24) is 4.98 Å². The SMILES string of the molecule is CC[C@H]1C[C@](C)(c2csc(Nc3ccc(C)cc3)n2)OC1=O. The van der Waals surface area contributed by atoms with E-state index in [-0.39, 0.29) is 11.9 Å². The monoisotopic (exact) mass is 316 g/mol. The van der Waals surface area contributed by atoms with Crippen molar-refractivity contribution in [3.05, 3.63) is 40.9 Å². The molecule has 1 aromatic heterocycles. The zero-order valence-electron chi connectivity index (χ0n) is 13.1. The van der Waals surface area contributed by atoms with Gasteiger partial charge in [-0.05, 0) is 32.4 Å². The minimum absolute atomic E-state index is 0.0137. The molecular weight excluding hydrogens is 296 g/mol. The maximum atomic E-state index is 11.9. The molecule has 1 aromatic carbocycles. The molecule has 0 saturated carbocycles. The van der Waals surface area contributed by atoms with Crippen LogP contribution in [0, 0.1) is 12.8 Å². The quantitative estimate of drug-likeness (QED) is 0.850. The molecule has 0 bridgehead atoms. The predicted octanol–water partition coefficient (Wildman–Crippen LogP) is 4.38. The lowest BCUT2D eigenvalue weighted by Gasteiger charge is -2.19. The van der Waals surface area contributed by atoms with Crippen molar-refractivity contribution in [2.75, 3.05) is 5.32 Å². The third-order valence-corrected chi connectivity index (χ3v) is 4.89. The Hall–Kier alpha value is -1.88. The first-order valence-electron chi connectivity index (χ1n) is 7.53. The van der Waals surface area contributed by atoms with Crippen LogP contribution < -0.4 is 5.32 Å². The van der Waals surface area contributed by atoms with E-state index in [9.17, 15) is 4.79 Å². The number of nitrogens with one attached hydrogen (secondary N) is 1. The number of carbonyl (C=O) groups excluding carboxylic acids is 1. The van der Waals surface area contributed by atoms with E-state index < -0.39 is 5.60 Å². The van der Waals surface area contributed by atoms with Crippen molar-refractivity contribution in [1.29, 1.82) is 0 Å². The molecule has 5 heteroatoms. The standard InChI is InChI=1S/C17H20N2O2S/c1-4-12-9-17(3,21-15(12)20)14-10-22-16(19-14)18-13-7-5-11(2)6-8-13/h5-8,10,12H,4,9H2,1-3H3,(H,18,19)/t12-,17+/m0/s1. The maximum absolute atomic E-state index is 11.9. The summed E-state index contributed by atoms with van der Waals surface area (Å²) < 4.78 is 5.60. The number of hydrogen-bond acceptors (Lipinski definition) is 5. The largest absolute Gasteiger partial charge is 0.453 e. The minimum atomic E-state index is -0.596. The summed E-state index contributed by atoms with van der Waals surface area (Å²) in [7, 11) is 0. The number of cyclic esters (lactones) is 1. The van der Waals surface area contributed by atoms with E-state index in [2.05, 4.69) is 29.4 Å². The van der Waals surface area contributed by atoms with Gasteiger partial charge in [0, 0.05) is 17.5 Å². The Labute approximate surface area is 134 Å². The third-order valence-electron chi connectivity index (χ3n) is 4.14. The zero-order valence-corrected chi connectivity index (χ0v) is 13.9. The Morgan fingerprint density at radius 2 is 2.14 bits per heavy atom. The van der Waals surface area contributed by atoms with E-state index in [0.717, 1.165) is 22.9 Å². The molecule has 3 rings (SSSR count). The van der Waals surface area contributed by atoms with Gasteiger partial charge in [0.05, 0.1) is 11.6 Å². The van der Waals surface area contributed by atoms with Gasteiger partial charge in [0.1, 0.15) is 0 Å². The summed E-state index contributed by atoms with van der Waals surface area (Å²) in [6.45, 7) is 6.03. The molecule has 22 heavy (non-hydrogen) atoms. The molecule has 2 heterocycles. The molecule has 0 spiro atoms. The molecule has 1 fully saturated rings. The number of aromatic nitrogens is 1. The lowest BCUT2D eigenvalue weighted by molar-refractivity contribution is -0.150. The first kappa shape index (κ1) is 15.0. The molecule has 1 saturated heterocycles. The minimum Gasteiger partial charge on any atom is -0.453 e. The number of esters is 1. The van der Waals surface area contributed by atoms with E-state index in [0.29, 0.717) is 6.42 Å². The van der Waals surface area contributed by atoms with Crippen molar-refractivity contribution in [3.63, 3.8) is 0 Å². The van der Waals surface area contributed by atoms with Crippen LogP contribution in [0.2, 0.25) is 0 Å². The van der Waals surface area contributed by atoms with Crippen molar-refractivity contribution in [3.8, 4) is 0 Å². The molecule has 0 radical (unpaired) electrons. The molecule has 116 valence electrons. The number of thiazole rings is 1. The van der Waals surface area contributed by atoms with Crippen LogP contribution in [0.5, 0.6) is 0 Å². The second kappa shape index (κ2) is 5.72. The van der Waals surface area contributed by atoms with Crippen molar-refractivity contribution in [2.24, 2.45) is 5.92 Å². The Morgan fingerprint density at radius 3 is 2.77 bits per heavy atom. The summed E-state index contributed by atoms with van der Waals surface area (Å²) in [6.07, 6.45) is 1.52. The number of hydrogen-bond donors (Lipinski definition) is 1. The van der Waals surface area contributed by atoms with Crippen molar-refractivity contribution < 1.29 is 9.53 Å². The fraction of sp³-hybridized carbons (Fsp3) is 0.412. The summed E-state index contributed by atoms with van der Waals surface area (Å²) in [6, 6.07) is 8.17. The van der Waals surface area contributed by atoms with Gasteiger partial charge in [0.2, 0.25) is 0 Å². The van der Waals surface area contributed by atoms with E-state index >= 15 is 0 Å².